The Balaban J connectivity index is 1.71. The van der Waals surface area contributed by atoms with E-state index in [0.717, 1.165) is 24.2 Å². The predicted octanol–water partition coefficient (Wildman–Crippen LogP) is 2.50. The lowest BCUT2D eigenvalue weighted by Gasteiger charge is -2.21. The number of hydrogen-bond acceptors (Lipinski definition) is 6. The van der Waals surface area contributed by atoms with Gasteiger partial charge in [-0.1, -0.05) is 0 Å². The summed E-state index contributed by atoms with van der Waals surface area (Å²) in [7, 11) is 6.12. The van der Waals surface area contributed by atoms with Gasteiger partial charge < -0.3 is 14.2 Å². The van der Waals surface area contributed by atoms with Crippen molar-refractivity contribution >= 4 is 22.4 Å². The third-order valence-electron chi connectivity index (χ3n) is 4.55. The third-order valence-corrected chi connectivity index (χ3v) is 4.55. The Kier molecular flexibility index (Phi) is 4.37. The van der Waals surface area contributed by atoms with E-state index < -0.39 is 5.63 Å². The summed E-state index contributed by atoms with van der Waals surface area (Å²) in [5.74, 6) is 0.546. The Bertz CT molecular complexity index is 1130. The van der Waals surface area contributed by atoms with Crippen molar-refractivity contribution in [1.29, 1.82) is 0 Å². The number of aromatic nitrogens is 3. The molecule has 7 nitrogen and oxygen atoms in total. The van der Waals surface area contributed by atoms with Crippen molar-refractivity contribution in [2.45, 2.75) is 0 Å². The molecule has 0 atom stereocenters. The monoisotopic (exact) mass is 363 g/mol. The van der Waals surface area contributed by atoms with Crippen molar-refractivity contribution in [2.24, 2.45) is 0 Å². The first kappa shape index (κ1) is 17.2. The SMILES string of the molecule is CN(C)CCN(C)c1ccc2cc(-c3cn4cccnc4n3)c(=O)oc2c1. The van der Waals surface area contributed by atoms with Crippen LogP contribution in [0.25, 0.3) is 28.0 Å². The molecule has 0 amide bonds. The van der Waals surface area contributed by atoms with Crippen LogP contribution in [-0.2, 0) is 0 Å². The highest BCUT2D eigenvalue weighted by Crippen LogP contribution is 2.24. The van der Waals surface area contributed by atoms with Crippen LogP contribution in [0.5, 0.6) is 0 Å². The number of rotatable bonds is 5. The molecule has 0 bridgehead atoms. The first-order valence-electron chi connectivity index (χ1n) is 8.75. The quantitative estimate of drug-likeness (QED) is 0.508. The summed E-state index contributed by atoms with van der Waals surface area (Å²) in [5, 5.41) is 0.861. The molecule has 4 rings (SSSR count). The Morgan fingerprint density at radius 1 is 1.15 bits per heavy atom. The average molecular weight is 363 g/mol. The highest BCUT2D eigenvalue weighted by atomic mass is 16.4. The highest BCUT2D eigenvalue weighted by molar-refractivity contribution is 5.84. The van der Waals surface area contributed by atoms with Crippen LogP contribution in [-0.4, -0.2) is 53.5 Å². The molecular weight excluding hydrogens is 342 g/mol. The molecule has 0 saturated carbocycles. The molecule has 1 aromatic carbocycles. The van der Waals surface area contributed by atoms with Crippen LogP contribution in [0.2, 0.25) is 0 Å². The fourth-order valence-electron chi connectivity index (χ4n) is 2.95. The second-order valence-corrected chi connectivity index (χ2v) is 6.85. The van der Waals surface area contributed by atoms with Crippen molar-refractivity contribution in [3.05, 3.63) is 59.3 Å². The van der Waals surface area contributed by atoms with E-state index in [-0.39, 0.29) is 0 Å². The van der Waals surface area contributed by atoms with E-state index in [1.807, 2.05) is 57.7 Å². The minimum absolute atomic E-state index is 0.404. The fourth-order valence-corrected chi connectivity index (χ4v) is 2.95. The van der Waals surface area contributed by atoms with Crippen LogP contribution >= 0.6 is 0 Å². The van der Waals surface area contributed by atoms with E-state index in [1.165, 1.54) is 0 Å². The van der Waals surface area contributed by atoms with E-state index in [1.54, 1.807) is 16.8 Å². The first-order chi connectivity index (χ1) is 13.0. The molecule has 0 aliphatic heterocycles. The zero-order valence-corrected chi connectivity index (χ0v) is 15.6. The molecule has 7 heteroatoms. The normalized spacial score (nSPS) is 11.6. The molecule has 0 radical (unpaired) electrons. The summed E-state index contributed by atoms with van der Waals surface area (Å²) in [5.41, 5.74) is 2.16. The minimum Gasteiger partial charge on any atom is -0.422 e. The van der Waals surface area contributed by atoms with Crippen molar-refractivity contribution in [2.75, 3.05) is 39.1 Å². The number of fused-ring (bicyclic) bond motifs is 2. The number of likely N-dealkylation sites (N-methyl/N-ethyl adjacent to an activating group) is 2. The molecule has 3 aromatic heterocycles. The van der Waals surface area contributed by atoms with Crippen LogP contribution < -0.4 is 10.5 Å². The summed E-state index contributed by atoms with van der Waals surface area (Å²) >= 11 is 0. The third kappa shape index (κ3) is 3.41. The lowest BCUT2D eigenvalue weighted by Crippen LogP contribution is -2.28. The van der Waals surface area contributed by atoms with Gasteiger partial charge in [0.2, 0.25) is 5.78 Å². The number of benzene rings is 1. The van der Waals surface area contributed by atoms with Crippen LogP contribution in [0, 0.1) is 0 Å². The molecule has 0 fully saturated rings. The number of hydrogen-bond donors (Lipinski definition) is 0. The van der Waals surface area contributed by atoms with Gasteiger partial charge in [-0.15, -0.1) is 0 Å². The average Bonchev–Trinajstić information content (AvgIpc) is 3.08. The molecule has 0 unspecified atom stereocenters. The number of nitrogens with zero attached hydrogens (tertiary/aromatic N) is 5. The van der Waals surface area contributed by atoms with E-state index in [9.17, 15) is 4.79 Å². The second-order valence-electron chi connectivity index (χ2n) is 6.85. The summed E-state index contributed by atoms with van der Waals surface area (Å²) in [4.78, 5) is 25.4. The Morgan fingerprint density at radius 3 is 2.78 bits per heavy atom. The van der Waals surface area contributed by atoms with Gasteiger partial charge in [-0.3, -0.25) is 4.40 Å². The topological polar surface area (TPSA) is 66.9 Å². The maximum Gasteiger partial charge on any atom is 0.345 e. The summed E-state index contributed by atoms with van der Waals surface area (Å²) in [6, 6.07) is 9.55. The van der Waals surface area contributed by atoms with E-state index >= 15 is 0 Å². The molecule has 0 aliphatic carbocycles. The van der Waals surface area contributed by atoms with E-state index in [4.69, 9.17) is 4.42 Å². The molecular formula is C20H21N5O2. The minimum atomic E-state index is -0.404. The molecule has 138 valence electrons. The Hall–Kier alpha value is -3.19. The van der Waals surface area contributed by atoms with Crippen molar-refractivity contribution in [3.8, 4) is 11.3 Å². The van der Waals surface area contributed by atoms with Crippen LogP contribution in [0.15, 0.2) is 58.1 Å². The lowest BCUT2D eigenvalue weighted by molar-refractivity contribution is 0.416. The maximum absolute atomic E-state index is 12.6. The maximum atomic E-state index is 12.6. The van der Waals surface area contributed by atoms with Crippen LogP contribution in [0.4, 0.5) is 5.69 Å². The van der Waals surface area contributed by atoms with Crippen molar-refractivity contribution in [3.63, 3.8) is 0 Å². The van der Waals surface area contributed by atoms with Gasteiger partial charge in [-0.2, -0.15) is 0 Å². The molecule has 3 heterocycles. The summed E-state index contributed by atoms with van der Waals surface area (Å²) in [6.07, 6.45) is 5.30. The summed E-state index contributed by atoms with van der Waals surface area (Å²) < 4.78 is 7.38. The number of imidazole rings is 1. The van der Waals surface area contributed by atoms with Gasteiger partial charge in [0, 0.05) is 55.9 Å². The van der Waals surface area contributed by atoms with Gasteiger partial charge >= 0.3 is 5.63 Å². The highest BCUT2D eigenvalue weighted by Gasteiger charge is 2.13. The smallest absolute Gasteiger partial charge is 0.345 e. The van der Waals surface area contributed by atoms with Gasteiger partial charge in [-0.25, -0.2) is 14.8 Å². The second kappa shape index (κ2) is 6.85. The van der Waals surface area contributed by atoms with Crippen molar-refractivity contribution in [1.82, 2.24) is 19.3 Å². The molecule has 0 spiro atoms. The molecule has 0 N–H and O–H groups in total. The lowest BCUT2D eigenvalue weighted by atomic mass is 10.1. The molecule has 4 aromatic rings. The fraction of sp³-hybridized carbons (Fsp3) is 0.250. The molecule has 27 heavy (non-hydrogen) atoms. The van der Waals surface area contributed by atoms with Crippen LogP contribution in [0.3, 0.4) is 0 Å². The largest absolute Gasteiger partial charge is 0.422 e. The van der Waals surface area contributed by atoms with Gasteiger partial charge in [0.1, 0.15) is 5.58 Å². The zero-order valence-electron chi connectivity index (χ0n) is 15.6. The Labute approximate surface area is 156 Å². The zero-order chi connectivity index (χ0) is 19.0. The van der Waals surface area contributed by atoms with Gasteiger partial charge in [0.25, 0.3) is 0 Å². The standard InChI is InChI=1S/C20H21N5O2/c1-23(2)9-10-24(3)15-6-5-14-11-16(19(26)27-18(14)12-15)17-13-25-8-4-7-21-20(25)22-17/h4-8,11-13H,9-10H2,1-3H3. The first-order valence-corrected chi connectivity index (χ1v) is 8.75. The summed E-state index contributed by atoms with van der Waals surface area (Å²) in [6.45, 7) is 1.83. The van der Waals surface area contributed by atoms with E-state index in [2.05, 4.69) is 19.8 Å². The van der Waals surface area contributed by atoms with Gasteiger partial charge in [0.15, 0.2) is 0 Å². The predicted molar refractivity (Wildman–Crippen MR) is 106 cm³/mol. The molecule has 0 aliphatic rings. The van der Waals surface area contributed by atoms with Crippen LogP contribution in [0.1, 0.15) is 0 Å². The van der Waals surface area contributed by atoms with Gasteiger partial charge in [-0.05, 0) is 38.4 Å². The van der Waals surface area contributed by atoms with E-state index in [0.29, 0.717) is 22.6 Å². The van der Waals surface area contributed by atoms with Gasteiger partial charge in [0.05, 0.1) is 11.3 Å². The molecule has 0 saturated heterocycles. The Morgan fingerprint density at radius 2 is 2.00 bits per heavy atom. The van der Waals surface area contributed by atoms with Crippen molar-refractivity contribution < 1.29 is 4.42 Å². The number of anilines is 1.